The van der Waals surface area contributed by atoms with Crippen LogP contribution in [0.15, 0.2) is 30.7 Å². The van der Waals surface area contributed by atoms with Crippen molar-refractivity contribution in [2.24, 2.45) is 0 Å². The lowest BCUT2D eigenvalue weighted by atomic mass is 10.2. The zero-order valence-corrected chi connectivity index (χ0v) is 12.9. The van der Waals surface area contributed by atoms with E-state index in [1.165, 1.54) is 30.7 Å². The molecule has 2 aromatic heterocycles. The van der Waals surface area contributed by atoms with Crippen LogP contribution in [-0.2, 0) is 16.6 Å². The van der Waals surface area contributed by atoms with Crippen LogP contribution in [0.25, 0.3) is 0 Å². The van der Waals surface area contributed by atoms with E-state index in [0.717, 1.165) is 6.26 Å². The van der Waals surface area contributed by atoms with Crippen LogP contribution in [0.5, 0.6) is 0 Å². The number of hydrogen-bond acceptors (Lipinski definition) is 6. The summed E-state index contributed by atoms with van der Waals surface area (Å²) >= 11 is 0. The van der Waals surface area contributed by atoms with Crippen LogP contribution < -0.4 is 10.0 Å². The minimum Gasteiger partial charge on any atom is -0.319 e. The normalized spacial score (nSPS) is 11.2. The second kappa shape index (κ2) is 6.58. The van der Waals surface area contributed by atoms with Gasteiger partial charge in [0.15, 0.2) is 0 Å². The molecule has 2 rings (SSSR count). The minimum atomic E-state index is -3.32. The maximum atomic E-state index is 12.1. The van der Waals surface area contributed by atoms with Crippen molar-refractivity contribution in [2.45, 2.75) is 13.5 Å². The Labute approximate surface area is 128 Å². The molecule has 116 valence electrons. The second-order valence-electron chi connectivity index (χ2n) is 4.60. The Hall–Kier alpha value is -2.39. The summed E-state index contributed by atoms with van der Waals surface area (Å²) in [5, 5.41) is 2.65. The third-order valence-corrected chi connectivity index (χ3v) is 3.30. The number of nitrogens with zero attached hydrogens (tertiary/aromatic N) is 3. The quantitative estimate of drug-likeness (QED) is 0.828. The van der Waals surface area contributed by atoms with Crippen LogP contribution in [0.4, 0.5) is 5.69 Å². The van der Waals surface area contributed by atoms with E-state index in [1.807, 2.05) is 0 Å². The van der Waals surface area contributed by atoms with Crippen molar-refractivity contribution in [3.8, 4) is 0 Å². The number of carbonyl (C=O) groups is 1. The zero-order valence-electron chi connectivity index (χ0n) is 12.1. The van der Waals surface area contributed by atoms with Gasteiger partial charge < -0.3 is 5.32 Å². The number of pyridine rings is 1. The molecule has 0 saturated heterocycles. The number of aryl methyl sites for hydroxylation is 1. The zero-order chi connectivity index (χ0) is 16.2. The number of carbonyl (C=O) groups excluding carboxylic acids is 1. The molecule has 22 heavy (non-hydrogen) atoms. The Bertz CT molecular complexity index is 775. The highest BCUT2D eigenvalue weighted by molar-refractivity contribution is 7.88. The number of sulfonamides is 1. The largest absolute Gasteiger partial charge is 0.319 e. The first-order valence-corrected chi connectivity index (χ1v) is 8.22. The van der Waals surface area contributed by atoms with E-state index in [4.69, 9.17) is 0 Å². The van der Waals surface area contributed by atoms with Crippen LogP contribution in [0.3, 0.4) is 0 Å². The molecule has 8 nitrogen and oxygen atoms in total. The molecular formula is C13H15N5O3S. The van der Waals surface area contributed by atoms with Gasteiger partial charge in [-0.15, -0.1) is 0 Å². The standard InChI is InChI=1S/C13H15N5O3S/c1-9-15-6-12(7-16-9)18-13(19)10-3-4-14-11(5-10)8-17-22(2,20)21/h3-7,17H,8H2,1-2H3,(H,18,19). The van der Waals surface area contributed by atoms with Crippen molar-refractivity contribution in [3.63, 3.8) is 0 Å². The highest BCUT2D eigenvalue weighted by Crippen LogP contribution is 2.08. The van der Waals surface area contributed by atoms with Crippen LogP contribution in [0.2, 0.25) is 0 Å². The molecule has 0 saturated carbocycles. The molecule has 9 heteroatoms. The predicted octanol–water partition coefficient (Wildman–Crippen LogP) is 0.482. The maximum absolute atomic E-state index is 12.1. The summed E-state index contributed by atoms with van der Waals surface area (Å²) < 4.78 is 24.4. The van der Waals surface area contributed by atoms with E-state index in [9.17, 15) is 13.2 Å². The molecule has 0 spiro atoms. The highest BCUT2D eigenvalue weighted by atomic mass is 32.2. The van der Waals surface area contributed by atoms with Crippen molar-refractivity contribution < 1.29 is 13.2 Å². The summed E-state index contributed by atoms with van der Waals surface area (Å²) in [4.78, 5) is 24.1. The van der Waals surface area contributed by atoms with Gasteiger partial charge in [-0.3, -0.25) is 9.78 Å². The molecule has 0 aliphatic heterocycles. The Kier molecular flexibility index (Phi) is 4.78. The van der Waals surface area contributed by atoms with E-state index in [-0.39, 0.29) is 12.5 Å². The Morgan fingerprint density at radius 1 is 1.23 bits per heavy atom. The molecule has 0 radical (unpaired) electrons. The molecule has 0 aliphatic rings. The van der Waals surface area contributed by atoms with Crippen LogP contribution >= 0.6 is 0 Å². The first-order valence-electron chi connectivity index (χ1n) is 6.33. The van der Waals surface area contributed by atoms with Gasteiger partial charge in [-0.2, -0.15) is 0 Å². The van der Waals surface area contributed by atoms with E-state index in [0.29, 0.717) is 22.8 Å². The number of amides is 1. The maximum Gasteiger partial charge on any atom is 0.255 e. The topological polar surface area (TPSA) is 114 Å². The van der Waals surface area contributed by atoms with Crippen LogP contribution in [0, 0.1) is 6.92 Å². The second-order valence-corrected chi connectivity index (χ2v) is 6.44. The average Bonchev–Trinajstić information content (AvgIpc) is 2.47. The number of hydrogen-bond donors (Lipinski definition) is 2. The molecule has 2 N–H and O–H groups in total. The fourth-order valence-electron chi connectivity index (χ4n) is 1.58. The number of nitrogens with one attached hydrogen (secondary N) is 2. The summed E-state index contributed by atoms with van der Waals surface area (Å²) in [5.74, 6) is 0.256. The van der Waals surface area contributed by atoms with Gasteiger partial charge in [0.25, 0.3) is 5.91 Å². The lowest BCUT2D eigenvalue weighted by molar-refractivity contribution is 0.102. The van der Waals surface area contributed by atoms with E-state index >= 15 is 0 Å². The van der Waals surface area contributed by atoms with E-state index in [1.54, 1.807) is 6.92 Å². The van der Waals surface area contributed by atoms with Gasteiger partial charge in [-0.25, -0.2) is 23.1 Å². The van der Waals surface area contributed by atoms with Crippen molar-refractivity contribution in [1.29, 1.82) is 0 Å². The summed E-state index contributed by atoms with van der Waals surface area (Å²) in [7, 11) is -3.32. The third kappa shape index (κ3) is 4.86. The average molecular weight is 321 g/mol. The van der Waals surface area contributed by atoms with Gasteiger partial charge in [0.2, 0.25) is 10.0 Å². The minimum absolute atomic E-state index is 0.0214. The predicted molar refractivity (Wildman–Crippen MR) is 80.6 cm³/mol. The SMILES string of the molecule is Cc1ncc(NC(=O)c2ccnc(CNS(C)(=O)=O)c2)cn1. The van der Waals surface area contributed by atoms with Crippen LogP contribution in [0.1, 0.15) is 21.9 Å². The van der Waals surface area contributed by atoms with Crippen molar-refractivity contribution in [3.05, 3.63) is 47.8 Å². The smallest absolute Gasteiger partial charge is 0.255 e. The summed E-state index contributed by atoms with van der Waals surface area (Å²) in [5.41, 5.74) is 1.28. The molecule has 1 amide bonds. The number of rotatable bonds is 5. The first kappa shape index (κ1) is 16.0. The molecule has 0 unspecified atom stereocenters. The summed E-state index contributed by atoms with van der Waals surface area (Å²) in [6.07, 6.45) is 5.52. The Morgan fingerprint density at radius 3 is 2.55 bits per heavy atom. The highest BCUT2D eigenvalue weighted by Gasteiger charge is 2.09. The lowest BCUT2D eigenvalue weighted by Gasteiger charge is -2.06. The first-order chi connectivity index (χ1) is 10.3. The van der Waals surface area contributed by atoms with Crippen molar-refractivity contribution in [2.75, 3.05) is 11.6 Å². The lowest BCUT2D eigenvalue weighted by Crippen LogP contribution is -2.22. The van der Waals surface area contributed by atoms with Gasteiger partial charge in [0.1, 0.15) is 5.82 Å². The van der Waals surface area contributed by atoms with Gasteiger partial charge >= 0.3 is 0 Å². The molecule has 2 aromatic rings. The molecule has 0 bridgehead atoms. The van der Waals surface area contributed by atoms with Gasteiger partial charge in [0, 0.05) is 11.8 Å². The fraction of sp³-hybridized carbons (Fsp3) is 0.231. The Morgan fingerprint density at radius 2 is 1.91 bits per heavy atom. The monoisotopic (exact) mass is 321 g/mol. The molecule has 0 aliphatic carbocycles. The summed E-state index contributed by atoms with van der Waals surface area (Å²) in [6, 6.07) is 3.05. The molecule has 2 heterocycles. The fourth-order valence-corrected chi connectivity index (χ4v) is 1.99. The van der Waals surface area contributed by atoms with E-state index in [2.05, 4.69) is 25.0 Å². The van der Waals surface area contributed by atoms with Gasteiger partial charge in [-0.1, -0.05) is 0 Å². The van der Waals surface area contributed by atoms with Gasteiger partial charge in [-0.05, 0) is 19.1 Å². The van der Waals surface area contributed by atoms with E-state index < -0.39 is 10.0 Å². The van der Waals surface area contributed by atoms with Crippen LogP contribution in [-0.4, -0.2) is 35.5 Å². The van der Waals surface area contributed by atoms with Gasteiger partial charge in [0.05, 0.1) is 36.6 Å². The molecular weight excluding hydrogens is 306 g/mol. The molecule has 0 fully saturated rings. The number of anilines is 1. The third-order valence-electron chi connectivity index (χ3n) is 2.63. The van der Waals surface area contributed by atoms with Crippen molar-refractivity contribution >= 4 is 21.6 Å². The molecule has 0 aromatic carbocycles. The molecule has 0 atom stereocenters. The summed E-state index contributed by atoms with van der Waals surface area (Å²) in [6.45, 7) is 1.77. The Balaban J connectivity index is 2.08. The number of aromatic nitrogens is 3. The van der Waals surface area contributed by atoms with Crippen molar-refractivity contribution in [1.82, 2.24) is 19.7 Å².